The minimum absolute atomic E-state index is 0.0639. The number of hydrogen-bond donors (Lipinski definition) is 1. The summed E-state index contributed by atoms with van der Waals surface area (Å²) in [5.74, 6) is -0.789. The quantitative estimate of drug-likeness (QED) is 0.589. The van der Waals surface area contributed by atoms with Gasteiger partial charge in [0.2, 0.25) is 5.91 Å². The third-order valence-electron chi connectivity index (χ3n) is 6.38. The molecule has 2 amide bonds. The number of alkyl halides is 3. The SMILES string of the molecule is O=C(NCc1cccc(F)c1)O[C@H]1CC[C@@]2(CCN(c3ccc(OC(F)(F)F)cc3)C2=O)CC1. The molecule has 34 heavy (non-hydrogen) atoms. The van der Waals surface area contributed by atoms with Gasteiger partial charge < -0.3 is 19.7 Å². The Morgan fingerprint density at radius 3 is 2.44 bits per heavy atom. The summed E-state index contributed by atoms with van der Waals surface area (Å²) in [4.78, 5) is 26.9. The summed E-state index contributed by atoms with van der Waals surface area (Å²) in [6.45, 7) is 0.617. The maximum absolute atomic E-state index is 13.2. The lowest BCUT2D eigenvalue weighted by Gasteiger charge is -2.35. The number of alkyl carbamates (subject to hydrolysis) is 1. The van der Waals surface area contributed by atoms with Crippen LogP contribution >= 0.6 is 0 Å². The van der Waals surface area contributed by atoms with Gasteiger partial charge in [-0.1, -0.05) is 12.1 Å². The molecule has 1 N–H and O–H groups in total. The predicted octanol–water partition coefficient (Wildman–Crippen LogP) is 5.32. The summed E-state index contributed by atoms with van der Waals surface area (Å²) in [6, 6.07) is 11.2. The van der Waals surface area contributed by atoms with Crippen molar-refractivity contribution in [2.75, 3.05) is 11.4 Å². The molecule has 1 saturated carbocycles. The lowest BCUT2D eigenvalue weighted by molar-refractivity contribution is -0.274. The van der Waals surface area contributed by atoms with E-state index in [2.05, 4.69) is 10.1 Å². The molecule has 1 aliphatic heterocycles. The standard InChI is InChI=1S/C24H24F4N2O4/c25-17-3-1-2-16(14-17)15-29-22(32)33-19-8-10-23(11-9-19)12-13-30(21(23)31)18-4-6-20(7-5-18)34-24(26,27)28/h1-7,14,19H,8-13,15H2,(H,29,32)/t19-,23-. The zero-order valence-corrected chi connectivity index (χ0v) is 18.2. The van der Waals surface area contributed by atoms with E-state index >= 15 is 0 Å². The molecule has 1 saturated heterocycles. The van der Waals surface area contributed by atoms with Crippen LogP contribution in [0.25, 0.3) is 0 Å². The minimum atomic E-state index is -4.77. The van der Waals surface area contributed by atoms with Crippen molar-refractivity contribution in [1.29, 1.82) is 0 Å². The fraction of sp³-hybridized carbons (Fsp3) is 0.417. The van der Waals surface area contributed by atoms with Crippen molar-refractivity contribution in [3.8, 4) is 5.75 Å². The van der Waals surface area contributed by atoms with Gasteiger partial charge in [-0.05, 0) is 74.1 Å². The van der Waals surface area contributed by atoms with E-state index in [-0.39, 0.29) is 30.1 Å². The minimum Gasteiger partial charge on any atom is -0.446 e. The molecule has 0 bridgehead atoms. The lowest BCUT2D eigenvalue weighted by atomic mass is 9.72. The Morgan fingerprint density at radius 2 is 1.79 bits per heavy atom. The first kappa shape index (κ1) is 23.8. The van der Waals surface area contributed by atoms with Gasteiger partial charge in [0.15, 0.2) is 0 Å². The number of hydrogen-bond acceptors (Lipinski definition) is 4. The summed E-state index contributed by atoms with van der Waals surface area (Å²) in [7, 11) is 0. The topological polar surface area (TPSA) is 67.9 Å². The number of amides is 2. The molecule has 0 atom stereocenters. The zero-order chi connectivity index (χ0) is 24.3. The van der Waals surface area contributed by atoms with Crippen LogP contribution in [0.3, 0.4) is 0 Å². The first-order valence-electron chi connectivity index (χ1n) is 11.0. The molecule has 2 aromatic carbocycles. The van der Waals surface area contributed by atoms with Crippen LogP contribution in [0, 0.1) is 11.2 Å². The lowest BCUT2D eigenvalue weighted by Crippen LogP contribution is -2.40. The van der Waals surface area contributed by atoms with E-state index in [1.807, 2.05) is 0 Å². The van der Waals surface area contributed by atoms with Crippen LogP contribution in [0.15, 0.2) is 48.5 Å². The molecule has 2 aromatic rings. The van der Waals surface area contributed by atoms with Crippen LogP contribution in [0.5, 0.6) is 5.75 Å². The van der Waals surface area contributed by atoms with Crippen molar-refractivity contribution in [2.24, 2.45) is 5.41 Å². The van der Waals surface area contributed by atoms with E-state index in [9.17, 15) is 27.2 Å². The second kappa shape index (κ2) is 9.52. The molecule has 182 valence electrons. The van der Waals surface area contributed by atoms with Gasteiger partial charge in [0.1, 0.15) is 17.7 Å². The summed E-state index contributed by atoms with van der Waals surface area (Å²) in [5, 5.41) is 2.61. The van der Waals surface area contributed by atoms with Gasteiger partial charge in [-0.15, -0.1) is 13.2 Å². The number of nitrogens with zero attached hydrogens (tertiary/aromatic N) is 1. The van der Waals surface area contributed by atoms with Crippen LogP contribution in [-0.4, -0.2) is 31.0 Å². The maximum Gasteiger partial charge on any atom is 0.573 e. The molecule has 0 unspecified atom stereocenters. The van der Waals surface area contributed by atoms with Gasteiger partial charge in [-0.3, -0.25) is 4.79 Å². The summed E-state index contributed by atoms with van der Waals surface area (Å²) in [6.07, 6.45) is -2.88. The third-order valence-corrected chi connectivity index (χ3v) is 6.38. The molecule has 0 aromatic heterocycles. The largest absolute Gasteiger partial charge is 0.573 e. The van der Waals surface area contributed by atoms with Gasteiger partial charge in [-0.2, -0.15) is 0 Å². The molecular weight excluding hydrogens is 456 g/mol. The number of carbonyl (C=O) groups is 2. The Morgan fingerprint density at radius 1 is 1.09 bits per heavy atom. The Balaban J connectivity index is 1.27. The predicted molar refractivity (Wildman–Crippen MR) is 115 cm³/mol. The second-order valence-electron chi connectivity index (χ2n) is 8.62. The molecule has 1 heterocycles. The normalized spacial score (nSPS) is 22.6. The molecule has 10 heteroatoms. The van der Waals surface area contributed by atoms with E-state index in [0.29, 0.717) is 49.9 Å². The average molecular weight is 480 g/mol. The molecule has 0 radical (unpaired) electrons. The van der Waals surface area contributed by atoms with Crippen LogP contribution in [0.4, 0.5) is 28.0 Å². The summed E-state index contributed by atoms with van der Waals surface area (Å²) >= 11 is 0. The number of benzene rings is 2. The fourth-order valence-corrected chi connectivity index (χ4v) is 4.63. The molecule has 1 spiro atoms. The average Bonchev–Trinajstić information content (AvgIpc) is 3.09. The number of halogens is 4. The number of anilines is 1. The first-order chi connectivity index (χ1) is 16.1. The van der Waals surface area contributed by atoms with Crippen LogP contribution in [-0.2, 0) is 16.1 Å². The van der Waals surface area contributed by atoms with Gasteiger partial charge in [0.25, 0.3) is 0 Å². The van der Waals surface area contributed by atoms with Gasteiger partial charge in [-0.25, -0.2) is 9.18 Å². The Hall–Kier alpha value is -3.30. The highest BCUT2D eigenvalue weighted by atomic mass is 19.4. The monoisotopic (exact) mass is 480 g/mol. The van der Waals surface area contributed by atoms with Gasteiger partial charge >= 0.3 is 12.5 Å². The summed E-state index contributed by atoms with van der Waals surface area (Å²) < 4.78 is 59.6. The number of rotatable bonds is 5. The van der Waals surface area contributed by atoms with Crippen LogP contribution in [0.1, 0.15) is 37.7 Å². The van der Waals surface area contributed by atoms with Crippen LogP contribution in [0.2, 0.25) is 0 Å². The Bertz CT molecular complexity index is 1030. The van der Waals surface area contributed by atoms with Crippen molar-refractivity contribution in [1.82, 2.24) is 5.32 Å². The smallest absolute Gasteiger partial charge is 0.446 e. The van der Waals surface area contributed by atoms with E-state index in [1.54, 1.807) is 17.0 Å². The van der Waals surface area contributed by atoms with E-state index in [0.717, 1.165) is 0 Å². The third kappa shape index (κ3) is 5.60. The van der Waals surface area contributed by atoms with Gasteiger partial charge in [0.05, 0.1) is 5.41 Å². The molecule has 4 rings (SSSR count). The molecule has 2 fully saturated rings. The van der Waals surface area contributed by atoms with Crippen LogP contribution < -0.4 is 15.0 Å². The van der Waals surface area contributed by atoms with E-state index in [1.165, 1.54) is 36.4 Å². The van der Waals surface area contributed by atoms with E-state index < -0.39 is 17.9 Å². The second-order valence-corrected chi connectivity index (χ2v) is 8.62. The Kier molecular flexibility index (Phi) is 6.67. The Labute approximate surface area is 193 Å². The number of carbonyl (C=O) groups excluding carboxylic acids is 2. The molecular formula is C24H24F4N2O4. The van der Waals surface area contributed by atoms with Crippen molar-refractivity contribution in [2.45, 2.75) is 51.1 Å². The molecule has 6 nitrogen and oxygen atoms in total. The zero-order valence-electron chi connectivity index (χ0n) is 18.2. The van der Waals surface area contributed by atoms with Gasteiger partial charge in [0, 0.05) is 18.8 Å². The maximum atomic E-state index is 13.2. The van der Waals surface area contributed by atoms with Crippen molar-refractivity contribution in [3.63, 3.8) is 0 Å². The number of nitrogens with one attached hydrogen (secondary N) is 1. The van der Waals surface area contributed by atoms with Crippen molar-refractivity contribution in [3.05, 3.63) is 59.9 Å². The first-order valence-corrected chi connectivity index (χ1v) is 11.0. The van der Waals surface area contributed by atoms with Crippen molar-refractivity contribution < 1.29 is 36.6 Å². The summed E-state index contributed by atoms with van der Waals surface area (Å²) in [5.41, 5.74) is 0.583. The highest BCUT2D eigenvalue weighted by Crippen LogP contribution is 2.46. The molecule has 2 aliphatic rings. The molecule has 1 aliphatic carbocycles. The number of ether oxygens (including phenoxy) is 2. The van der Waals surface area contributed by atoms with E-state index in [4.69, 9.17) is 4.74 Å². The van der Waals surface area contributed by atoms with Crippen molar-refractivity contribution >= 4 is 17.7 Å². The highest BCUT2D eigenvalue weighted by Gasteiger charge is 2.49. The fourth-order valence-electron chi connectivity index (χ4n) is 4.63. The highest BCUT2D eigenvalue weighted by molar-refractivity contribution is 6.00.